The Labute approximate surface area is 176 Å². The van der Waals surface area contributed by atoms with Gasteiger partial charge in [-0.1, -0.05) is 60.7 Å². The Balaban J connectivity index is 1.82. The van der Waals surface area contributed by atoms with Crippen LogP contribution in [0.5, 0.6) is 0 Å². The fourth-order valence-electron chi connectivity index (χ4n) is 3.54. The monoisotopic (exact) mass is 409 g/mol. The highest BCUT2D eigenvalue weighted by atomic mass is 16.6. The number of likely N-dealkylation sites (tertiary alicyclic amines) is 1. The van der Waals surface area contributed by atoms with E-state index in [0.29, 0.717) is 6.42 Å². The Bertz CT molecular complexity index is 889. The van der Waals surface area contributed by atoms with Gasteiger partial charge in [0.05, 0.1) is 0 Å². The molecule has 3 rings (SSSR count). The fourth-order valence-corrected chi connectivity index (χ4v) is 3.54. The molecular formula is C24H27NO5. The number of carbonyl (C=O) groups excluding carboxylic acids is 3. The second-order valence-electron chi connectivity index (χ2n) is 8.44. The zero-order chi connectivity index (χ0) is 21.7. The van der Waals surface area contributed by atoms with Crippen LogP contribution in [-0.2, 0) is 32.1 Å². The molecule has 0 N–H and O–H groups in total. The summed E-state index contributed by atoms with van der Waals surface area (Å²) in [4.78, 5) is 39.4. The summed E-state index contributed by atoms with van der Waals surface area (Å²) < 4.78 is 10.9. The number of hydrogen-bond acceptors (Lipinski definition) is 5. The van der Waals surface area contributed by atoms with Crippen molar-refractivity contribution in [3.05, 3.63) is 71.8 Å². The number of benzene rings is 2. The maximum atomic E-state index is 13.0. The summed E-state index contributed by atoms with van der Waals surface area (Å²) in [5, 5.41) is 0. The Hall–Kier alpha value is -3.15. The fraction of sp³-hybridized carbons (Fsp3) is 0.375. The average Bonchev–Trinajstić information content (AvgIpc) is 3.02. The van der Waals surface area contributed by atoms with E-state index >= 15 is 0 Å². The summed E-state index contributed by atoms with van der Waals surface area (Å²) in [6, 6.07) is 17.8. The van der Waals surface area contributed by atoms with Gasteiger partial charge in [0.25, 0.3) is 0 Å². The largest absolute Gasteiger partial charge is 0.459 e. The lowest BCUT2D eigenvalue weighted by atomic mass is 9.92. The van der Waals surface area contributed by atoms with Crippen LogP contribution in [0.4, 0.5) is 4.79 Å². The highest BCUT2D eigenvalue weighted by Gasteiger charge is 2.49. The second-order valence-corrected chi connectivity index (χ2v) is 8.44. The molecule has 1 fully saturated rings. The zero-order valence-electron chi connectivity index (χ0n) is 17.5. The van der Waals surface area contributed by atoms with Crippen molar-refractivity contribution in [2.45, 2.75) is 51.9 Å². The summed E-state index contributed by atoms with van der Waals surface area (Å²) in [6.07, 6.45) is -0.249. The average molecular weight is 409 g/mol. The predicted octanol–water partition coefficient (Wildman–Crippen LogP) is 4.12. The SMILES string of the molecule is CC(C)(C)OC(=O)N1C(=O)C[C@@H](Cc2ccccc2)C1C(=O)OCc1ccccc1. The number of carbonyl (C=O) groups is 3. The van der Waals surface area contributed by atoms with E-state index in [1.54, 1.807) is 20.8 Å². The molecule has 1 saturated heterocycles. The minimum atomic E-state index is -1.02. The normalized spacial score (nSPS) is 18.9. The molecule has 0 radical (unpaired) electrons. The lowest BCUT2D eigenvalue weighted by Crippen LogP contribution is -2.48. The Morgan fingerprint density at radius 1 is 0.967 bits per heavy atom. The molecule has 1 unspecified atom stereocenters. The van der Waals surface area contributed by atoms with Crippen molar-refractivity contribution in [3.8, 4) is 0 Å². The Kier molecular flexibility index (Phi) is 6.55. The van der Waals surface area contributed by atoms with Gasteiger partial charge in [-0.05, 0) is 38.3 Å². The first-order chi connectivity index (χ1) is 14.2. The molecule has 30 heavy (non-hydrogen) atoms. The quantitative estimate of drug-likeness (QED) is 0.695. The molecule has 0 bridgehead atoms. The van der Waals surface area contributed by atoms with Gasteiger partial charge < -0.3 is 9.47 Å². The van der Waals surface area contributed by atoms with Crippen LogP contribution in [0.3, 0.4) is 0 Å². The van der Waals surface area contributed by atoms with Crippen LogP contribution in [0, 0.1) is 5.92 Å². The van der Waals surface area contributed by atoms with Gasteiger partial charge in [0.1, 0.15) is 18.2 Å². The van der Waals surface area contributed by atoms with Crippen molar-refractivity contribution in [3.63, 3.8) is 0 Å². The highest BCUT2D eigenvalue weighted by Crippen LogP contribution is 2.31. The summed E-state index contributed by atoms with van der Waals surface area (Å²) in [5.74, 6) is -1.40. The van der Waals surface area contributed by atoms with E-state index < -0.39 is 29.6 Å². The highest BCUT2D eigenvalue weighted by molar-refractivity contribution is 6.00. The van der Waals surface area contributed by atoms with Crippen LogP contribution in [0.1, 0.15) is 38.3 Å². The second kappa shape index (κ2) is 9.11. The van der Waals surface area contributed by atoms with Crippen molar-refractivity contribution < 1.29 is 23.9 Å². The molecule has 158 valence electrons. The first-order valence-electron chi connectivity index (χ1n) is 10.0. The van der Waals surface area contributed by atoms with Gasteiger partial charge in [-0.2, -0.15) is 0 Å². The van der Waals surface area contributed by atoms with Gasteiger partial charge in [0, 0.05) is 12.3 Å². The third kappa shape index (κ3) is 5.47. The summed E-state index contributed by atoms with van der Waals surface area (Å²) >= 11 is 0. The van der Waals surface area contributed by atoms with E-state index in [9.17, 15) is 14.4 Å². The van der Waals surface area contributed by atoms with Crippen LogP contribution in [0.25, 0.3) is 0 Å². The zero-order valence-corrected chi connectivity index (χ0v) is 17.5. The number of esters is 1. The first kappa shape index (κ1) is 21.6. The van der Waals surface area contributed by atoms with Gasteiger partial charge in [-0.15, -0.1) is 0 Å². The molecule has 6 heteroatoms. The van der Waals surface area contributed by atoms with Gasteiger partial charge in [0.15, 0.2) is 0 Å². The predicted molar refractivity (Wildman–Crippen MR) is 111 cm³/mol. The van der Waals surface area contributed by atoms with Gasteiger partial charge >= 0.3 is 12.1 Å². The Morgan fingerprint density at radius 3 is 2.10 bits per heavy atom. The van der Waals surface area contributed by atoms with E-state index in [1.165, 1.54) is 0 Å². The van der Waals surface area contributed by atoms with Crippen molar-refractivity contribution in [2.24, 2.45) is 5.92 Å². The maximum absolute atomic E-state index is 13.0. The molecule has 0 aliphatic carbocycles. The molecule has 0 saturated carbocycles. The summed E-state index contributed by atoms with van der Waals surface area (Å²) in [5.41, 5.74) is 1.04. The van der Waals surface area contributed by atoms with Crippen LogP contribution < -0.4 is 0 Å². The van der Waals surface area contributed by atoms with Crippen LogP contribution in [0.2, 0.25) is 0 Å². The smallest absolute Gasteiger partial charge is 0.417 e. The molecule has 1 aliphatic rings. The topological polar surface area (TPSA) is 72.9 Å². The summed E-state index contributed by atoms with van der Waals surface area (Å²) in [6.45, 7) is 5.23. The summed E-state index contributed by atoms with van der Waals surface area (Å²) in [7, 11) is 0. The molecule has 0 spiro atoms. The van der Waals surface area contributed by atoms with E-state index in [1.807, 2.05) is 60.7 Å². The molecular weight excluding hydrogens is 382 g/mol. The van der Waals surface area contributed by atoms with Gasteiger partial charge in [-0.3, -0.25) is 4.79 Å². The van der Waals surface area contributed by atoms with Crippen LogP contribution in [-0.4, -0.2) is 34.5 Å². The van der Waals surface area contributed by atoms with E-state index in [0.717, 1.165) is 16.0 Å². The van der Waals surface area contributed by atoms with E-state index in [-0.39, 0.29) is 18.9 Å². The third-order valence-corrected chi connectivity index (χ3v) is 4.83. The number of imide groups is 1. The van der Waals surface area contributed by atoms with E-state index in [4.69, 9.17) is 9.47 Å². The van der Waals surface area contributed by atoms with Gasteiger partial charge in [0.2, 0.25) is 5.91 Å². The number of nitrogens with zero attached hydrogens (tertiary/aromatic N) is 1. The maximum Gasteiger partial charge on any atom is 0.417 e. The molecule has 0 aromatic heterocycles. The third-order valence-electron chi connectivity index (χ3n) is 4.83. The number of rotatable bonds is 5. The lowest BCUT2D eigenvalue weighted by Gasteiger charge is -2.28. The first-order valence-corrected chi connectivity index (χ1v) is 10.0. The number of ether oxygens (including phenoxy) is 2. The lowest BCUT2D eigenvalue weighted by molar-refractivity contribution is -0.153. The van der Waals surface area contributed by atoms with Crippen molar-refractivity contribution in [1.82, 2.24) is 4.90 Å². The van der Waals surface area contributed by atoms with Gasteiger partial charge in [-0.25, -0.2) is 14.5 Å². The van der Waals surface area contributed by atoms with Crippen molar-refractivity contribution in [2.75, 3.05) is 0 Å². The number of hydrogen-bond donors (Lipinski definition) is 0. The molecule has 6 nitrogen and oxygen atoms in total. The molecule has 2 aromatic rings. The number of amides is 2. The van der Waals surface area contributed by atoms with E-state index in [2.05, 4.69) is 0 Å². The Morgan fingerprint density at radius 2 is 1.53 bits per heavy atom. The molecule has 1 aliphatic heterocycles. The van der Waals surface area contributed by atoms with Crippen LogP contribution >= 0.6 is 0 Å². The van der Waals surface area contributed by atoms with Crippen molar-refractivity contribution in [1.29, 1.82) is 0 Å². The van der Waals surface area contributed by atoms with Crippen molar-refractivity contribution >= 4 is 18.0 Å². The van der Waals surface area contributed by atoms with Crippen LogP contribution in [0.15, 0.2) is 60.7 Å². The molecule has 2 aromatic carbocycles. The molecule has 1 heterocycles. The molecule has 2 amide bonds. The minimum absolute atomic E-state index is 0.0740. The minimum Gasteiger partial charge on any atom is -0.459 e. The standard InChI is InChI=1S/C24H27NO5/c1-24(2,3)30-23(28)25-20(26)15-19(14-17-10-6-4-7-11-17)21(25)22(27)29-16-18-12-8-5-9-13-18/h4-13,19,21H,14-16H2,1-3H3/t19-,21?/m1/s1. The molecule has 2 atom stereocenters.